The lowest BCUT2D eigenvalue weighted by molar-refractivity contribution is 0.0992. The molecular weight excluding hydrogens is 176 g/mol. The van der Waals surface area contributed by atoms with E-state index in [4.69, 9.17) is 4.42 Å². The maximum atomic E-state index is 11.5. The molecule has 2 heteroatoms. The van der Waals surface area contributed by atoms with E-state index in [9.17, 15) is 4.79 Å². The largest absolute Gasteiger partial charge is 0.464 e. The predicted octanol–water partition coefficient (Wildman–Crippen LogP) is 3.23. The number of furan rings is 1. The molecule has 0 atom stereocenters. The average molecular weight is 187 g/mol. The van der Waals surface area contributed by atoms with Crippen molar-refractivity contribution < 1.29 is 9.21 Å². The minimum absolute atomic E-state index is 0.149. The number of carbonyl (C=O) groups excluding carboxylic acids is 1. The topological polar surface area (TPSA) is 30.2 Å². The molecule has 0 fully saturated rings. The third-order valence-electron chi connectivity index (χ3n) is 2.16. The van der Waals surface area contributed by atoms with Crippen LogP contribution in [0.15, 0.2) is 34.9 Å². The quantitative estimate of drug-likeness (QED) is 0.690. The first kappa shape index (κ1) is 9.00. The Labute approximate surface area is 82.5 Å². The van der Waals surface area contributed by atoms with Gasteiger partial charge in [-0.2, -0.15) is 0 Å². The fourth-order valence-corrected chi connectivity index (χ4v) is 1.44. The number of rotatable bonds is 3. The van der Waals surface area contributed by atoms with E-state index in [2.05, 4.69) is 0 Å². The number of hydrogen-bond acceptors (Lipinski definition) is 2. The Morgan fingerprint density at radius 2 is 2.29 bits per heavy atom. The van der Waals surface area contributed by atoms with E-state index in [1.54, 1.807) is 12.3 Å². The molecule has 0 unspecified atom stereocenters. The molecule has 0 saturated heterocycles. The summed E-state index contributed by atoms with van der Waals surface area (Å²) < 4.78 is 5.19. The van der Waals surface area contributed by atoms with E-state index < -0.39 is 0 Å². The molecule has 0 N–H and O–H groups in total. The Hall–Kier alpha value is -1.57. The second-order valence-electron chi connectivity index (χ2n) is 3.21. The Morgan fingerprint density at radius 3 is 3.07 bits per heavy atom. The van der Waals surface area contributed by atoms with Crippen LogP contribution in [0.3, 0.4) is 0 Å². The Balaban J connectivity index is 2.38. The number of benzene rings is 1. The molecule has 1 aromatic carbocycles. The van der Waals surface area contributed by atoms with Gasteiger partial charge in [0.1, 0.15) is 5.58 Å². The summed E-state index contributed by atoms with van der Waals surface area (Å²) in [6.07, 6.45) is 3.98. The summed E-state index contributed by atoms with van der Waals surface area (Å²) in [4.78, 5) is 11.5. The summed E-state index contributed by atoms with van der Waals surface area (Å²) in [5.41, 5.74) is 1.57. The summed E-state index contributed by atoms with van der Waals surface area (Å²) >= 11 is 0. The van der Waals surface area contributed by atoms with E-state index in [0.29, 0.717) is 6.42 Å². The van der Waals surface area contributed by atoms with E-state index >= 15 is 0 Å². The molecule has 1 radical (unpaired) electrons. The third kappa shape index (κ3) is 1.55. The molecule has 0 spiro atoms. The molecule has 0 aliphatic rings. The average Bonchev–Trinajstić information content (AvgIpc) is 2.64. The van der Waals surface area contributed by atoms with Gasteiger partial charge in [0.25, 0.3) is 0 Å². The molecule has 2 rings (SSSR count). The summed E-state index contributed by atoms with van der Waals surface area (Å²) in [7, 11) is 0. The molecule has 0 amide bonds. The highest BCUT2D eigenvalue weighted by molar-refractivity contribution is 5.99. The van der Waals surface area contributed by atoms with Crippen LogP contribution in [-0.4, -0.2) is 5.78 Å². The lowest BCUT2D eigenvalue weighted by atomic mass is 10.1. The van der Waals surface area contributed by atoms with E-state index in [1.165, 1.54) is 0 Å². The van der Waals surface area contributed by atoms with Crippen molar-refractivity contribution in [3.8, 4) is 0 Å². The maximum Gasteiger partial charge on any atom is 0.163 e. The van der Waals surface area contributed by atoms with E-state index in [1.807, 2.05) is 31.5 Å². The first-order valence-corrected chi connectivity index (χ1v) is 4.59. The monoisotopic (exact) mass is 187 g/mol. The van der Waals surface area contributed by atoms with Gasteiger partial charge < -0.3 is 4.42 Å². The Bertz CT molecular complexity index is 454. The van der Waals surface area contributed by atoms with Crippen molar-refractivity contribution in [3.63, 3.8) is 0 Å². The summed E-state index contributed by atoms with van der Waals surface area (Å²) in [6, 6.07) is 7.36. The minimum Gasteiger partial charge on any atom is -0.464 e. The van der Waals surface area contributed by atoms with Gasteiger partial charge in [-0.3, -0.25) is 4.79 Å². The first-order chi connectivity index (χ1) is 6.81. The van der Waals surface area contributed by atoms with Crippen molar-refractivity contribution in [3.05, 3.63) is 42.5 Å². The van der Waals surface area contributed by atoms with Gasteiger partial charge in [0, 0.05) is 17.4 Å². The van der Waals surface area contributed by atoms with Gasteiger partial charge >= 0.3 is 0 Å². The standard InChI is InChI=1S/C12H11O2/c1-2-3-11(13)9-4-5-12-10(8-9)6-7-14-12/h2,4-8H,3H2,1H3. The van der Waals surface area contributed by atoms with Gasteiger partial charge in [-0.15, -0.1) is 0 Å². The van der Waals surface area contributed by atoms with Crippen molar-refractivity contribution in [2.45, 2.75) is 13.3 Å². The molecule has 0 aliphatic heterocycles. The zero-order valence-corrected chi connectivity index (χ0v) is 7.99. The molecule has 0 bridgehead atoms. The van der Waals surface area contributed by atoms with Gasteiger partial charge in [-0.05, 0) is 30.7 Å². The molecule has 71 valence electrons. The number of hydrogen-bond donors (Lipinski definition) is 0. The van der Waals surface area contributed by atoms with E-state index in [0.717, 1.165) is 16.5 Å². The zero-order valence-electron chi connectivity index (χ0n) is 7.99. The summed E-state index contributed by atoms with van der Waals surface area (Å²) in [5.74, 6) is 0.149. The fraction of sp³-hybridized carbons (Fsp3) is 0.167. The molecular formula is C12H11O2. The molecule has 14 heavy (non-hydrogen) atoms. The van der Waals surface area contributed by atoms with Crippen molar-refractivity contribution in [2.24, 2.45) is 0 Å². The minimum atomic E-state index is 0.149. The Morgan fingerprint density at radius 1 is 1.43 bits per heavy atom. The second kappa shape index (κ2) is 3.66. The number of carbonyl (C=O) groups is 1. The van der Waals surface area contributed by atoms with Gasteiger partial charge in [0.2, 0.25) is 0 Å². The normalized spacial score (nSPS) is 10.6. The van der Waals surface area contributed by atoms with Crippen LogP contribution < -0.4 is 0 Å². The van der Waals surface area contributed by atoms with Crippen LogP contribution in [0.4, 0.5) is 0 Å². The van der Waals surface area contributed by atoms with Crippen LogP contribution in [0.1, 0.15) is 23.7 Å². The number of fused-ring (bicyclic) bond motifs is 1. The molecule has 0 aliphatic carbocycles. The predicted molar refractivity (Wildman–Crippen MR) is 55.1 cm³/mol. The van der Waals surface area contributed by atoms with Gasteiger partial charge in [0.15, 0.2) is 5.78 Å². The van der Waals surface area contributed by atoms with Crippen molar-refractivity contribution in [1.82, 2.24) is 0 Å². The lowest BCUT2D eigenvalue weighted by Gasteiger charge is -1.98. The third-order valence-corrected chi connectivity index (χ3v) is 2.16. The zero-order chi connectivity index (χ0) is 9.97. The van der Waals surface area contributed by atoms with Gasteiger partial charge in [-0.1, -0.05) is 6.92 Å². The van der Waals surface area contributed by atoms with Crippen molar-refractivity contribution in [2.75, 3.05) is 0 Å². The van der Waals surface area contributed by atoms with Crippen LogP contribution in [0, 0.1) is 6.42 Å². The van der Waals surface area contributed by atoms with Crippen LogP contribution in [-0.2, 0) is 0 Å². The number of Topliss-reactive ketones (excluding diaryl/α,β-unsaturated/α-hetero) is 1. The molecule has 0 saturated carbocycles. The second-order valence-corrected chi connectivity index (χ2v) is 3.21. The smallest absolute Gasteiger partial charge is 0.163 e. The maximum absolute atomic E-state index is 11.5. The highest BCUT2D eigenvalue weighted by Crippen LogP contribution is 2.17. The lowest BCUT2D eigenvalue weighted by Crippen LogP contribution is -1.97. The fourth-order valence-electron chi connectivity index (χ4n) is 1.44. The van der Waals surface area contributed by atoms with Gasteiger partial charge in [0.05, 0.1) is 6.26 Å². The van der Waals surface area contributed by atoms with Crippen molar-refractivity contribution >= 4 is 16.8 Å². The van der Waals surface area contributed by atoms with Gasteiger partial charge in [-0.25, -0.2) is 0 Å². The first-order valence-electron chi connectivity index (χ1n) is 4.59. The van der Waals surface area contributed by atoms with Crippen LogP contribution in [0.25, 0.3) is 11.0 Å². The highest BCUT2D eigenvalue weighted by Gasteiger charge is 2.05. The number of ketones is 1. The highest BCUT2D eigenvalue weighted by atomic mass is 16.3. The SMILES string of the molecule is C[CH]CC(=O)c1ccc2occc2c1. The van der Waals surface area contributed by atoms with Crippen LogP contribution >= 0.6 is 0 Å². The summed E-state index contributed by atoms with van der Waals surface area (Å²) in [6.45, 7) is 1.88. The Kier molecular flexibility index (Phi) is 2.35. The van der Waals surface area contributed by atoms with Crippen LogP contribution in [0.2, 0.25) is 0 Å². The molecule has 1 heterocycles. The molecule has 2 aromatic rings. The summed E-state index contributed by atoms with van der Waals surface area (Å²) in [5, 5.41) is 0.979. The van der Waals surface area contributed by atoms with Crippen molar-refractivity contribution in [1.29, 1.82) is 0 Å². The van der Waals surface area contributed by atoms with Crippen LogP contribution in [0.5, 0.6) is 0 Å². The van der Waals surface area contributed by atoms with E-state index in [-0.39, 0.29) is 5.78 Å². The molecule has 2 nitrogen and oxygen atoms in total. The molecule has 1 aromatic heterocycles.